The highest BCUT2D eigenvalue weighted by Gasteiger charge is 2.14. The average molecular weight is 257 g/mol. The van der Waals surface area contributed by atoms with Crippen molar-refractivity contribution in [1.29, 1.82) is 0 Å². The molecule has 0 bridgehead atoms. The number of aryl methyl sites for hydroxylation is 1. The van der Waals surface area contributed by atoms with E-state index in [1.807, 2.05) is 0 Å². The summed E-state index contributed by atoms with van der Waals surface area (Å²) in [5, 5.41) is 15.1. The Morgan fingerprint density at radius 3 is 2.38 bits per heavy atom. The highest BCUT2D eigenvalue weighted by atomic mass is 35.5. The van der Waals surface area contributed by atoms with Crippen LogP contribution in [0, 0.1) is 0 Å². The van der Waals surface area contributed by atoms with E-state index < -0.39 is 6.10 Å². The monoisotopic (exact) mass is 256 g/mol. The lowest BCUT2D eigenvalue weighted by Crippen LogP contribution is -2.06. The summed E-state index contributed by atoms with van der Waals surface area (Å²) in [6, 6.07) is 6.75. The fourth-order valence-corrected chi connectivity index (χ4v) is 2.10. The molecule has 84 valence electrons. The summed E-state index contributed by atoms with van der Waals surface area (Å²) >= 11 is 11.8. The van der Waals surface area contributed by atoms with Crippen LogP contribution in [0.5, 0.6) is 0 Å². The average Bonchev–Trinajstić information content (AvgIpc) is 2.62. The van der Waals surface area contributed by atoms with Gasteiger partial charge in [-0.1, -0.05) is 23.2 Å². The van der Waals surface area contributed by atoms with Crippen LogP contribution >= 0.6 is 23.2 Å². The van der Waals surface area contributed by atoms with Crippen molar-refractivity contribution in [2.75, 3.05) is 0 Å². The number of nitrogens with zero attached hydrogens (tertiary/aromatic N) is 2. The van der Waals surface area contributed by atoms with E-state index in [0.717, 1.165) is 0 Å². The first kappa shape index (κ1) is 11.5. The molecule has 1 heterocycles. The molecule has 0 saturated carbocycles. The van der Waals surface area contributed by atoms with Crippen molar-refractivity contribution in [2.24, 2.45) is 7.05 Å². The Bertz CT molecular complexity index is 490. The fourth-order valence-electron chi connectivity index (χ4n) is 1.56. The summed E-state index contributed by atoms with van der Waals surface area (Å²) in [5.74, 6) is 0. The first-order valence-electron chi connectivity index (χ1n) is 4.70. The van der Waals surface area contributed by atoms with Gasteiger partial charge in [-0.05, 0) is 29.8 Å². The van der Waals surface area contributed by atoms with E-state index in [4.69, 9.17) is 23.2 Å². The van der Waals surface area contributed by atoms with Crippen molar-refractivity contribution in [2.45, 2.75) is 6.10 Å². The molecule has 16 heavy (non-hydrogen) atoms. The molecule has 0 spiro atoms. The molecule has 3 nitrogen and oxygen atoms in total. The second-order valence-electron chi connectivity index (χ2n) is 3.48. The topological polar surface area (TPSA) is 38.0 Å². The predicted molar refractivity (Wildman–Crippen MR) is 63.7 cm³/mol. The van der Waals surface area contributed by atoms with E-state index in [9.17, 15) is 5.11 Å². The van der Waals surface area contributed by atoms with Gasteiger partial charge in [-0.2, -0.15) is 5.10 Å². The van der Waals surface area contributed by atoms with E-state index in [1.54, 1.807) is 42.2 Å². The lowest BCUT2D eigenvalue weighted by molar-refractivity contribution is 0.210. The van der Waals surface area contributed by atoms with Crippen LogP contribution in [0.15, 0.2) is 30.5 Å². The van der Waals surface area contributed by atoms with Crippen molar-refractivity contribution in [1.82, 2.24) is 9.78 Å². The van der Waals surface area contributed by atoms with Crippen molar-refractivity contribution in [3.05, 3.63) is 51.8 Å². The predicted octanol–water partition coefficient (Wildman–Crippen LogP) is 2.81. The Morgan fingerprint density at radius 2 is 1.88 bits per heavy atom. The molecule has 1 atom stereocenters. The second kappa shape index (κ2) is 4.45. The summed E-state index contributed by atoms with van der Waals surface area (Å²) in [6.45, 7) is 0. The second-order valence-corrected chi connectivity index (χ2v) is 4.36. The summed E-state index contributed by atoms with van der Waals surface area (Å²) in [4.78, 5) is 0. The molecule has 0 radical (unpaired) electrons. The number of hydrogen-bond acceptors (Lipinski definition) is 2. The summed E-state index contributed by atoms with van der Waals surface area (Å²) < 4.78 is 1.61. The van der Waals surface area contributed by atoms with Crippen LogP contribution in [0.3, 0.4) is 0 Å². The Balaban J connectivity index is 2.41. The third-order valence-corrected chi connectivity index (χ3v) is 2.78. The van der Waals surface area contributed by atoms with E-state index in [-0.39, 0.29) is 0 Å². The Labute approximate surface area is 103 Å². The first-order chi connectivity index (χ1) is 7.58. The molecule has 2 rings (SSSR count). The van der Waals surface area contributed by atoms with Crippen LogP contribution in [0.25, 0.3) is 0 Å². The lowest BCUT2D eigenvalue weighted by Gasteiger charge is -2.12. The third-order valence-electron chi connectivity index (χ3n) is 2.34. The minimum absolute atomic E-state index is 0.503. The third kappa shape index (κ3) is 2.21. The Hall–Kier alpha value is -1.03. The van der Waals surface area contributed by atoms with E-state index >= 15 is 0 Å². The molecule has 1 unspecified atom stereocenters. The number of aliphatic hydroxyl groups excluding tert-OH is 1. The van der Waals surface area contributed by atoms with Gasteiger partial charge in [-0.3, -0.25) is 4.68 Å². The zero-order valence-corrected chi connectivity index (χ0v) is 10.1. The number of rotatable bonds is 2. The van der Waals surface area contributed by atoms with Crippen molar-refractivity contribution < 1.29 is 5.11 Å². The number of hydrogen-bond donors (Lipinski definition) is 1. The van der Waals surface area contributed by atoms with Crippen molar-refractivity contribution >= 4 is 23.2 Å². The van der Waals surface area contributed by atoms with Crippen LogP contribution < -0.4 is 0 Å². The molecule has 0 fully saturated rings. The minimum Gasteiger partial charge on any atom is -0.382 e. The van der Waals surface area contributed by atoms with Gasteiger partial charge in [-0.15, -0.1) is 0 Å². The molecule has 1 aromatic carbocycles. The summed E-state index contributed by atoms with van der Waals surface area (Å²) in [6.07, 6.45) is 0.855. The normalized spacial score (nSPS) is 12.8. The van der Waals surface area contributed by atoms with Gasteiger partial charge in [0.05, 0.1) is 5.69 Å². The van der Waals surface area contributed by atoms with E-state index in [2.05, 4.69) is 5.10 Å². The molecule has 0 aliphatic heterocycles. The lowest BCUT2D eigenvalue weighted by atomic mass is 10.1. The molecule has 0 aliphatic carbocycles. The smallest absolute Gasteiger partial charge is 0.121 e. The van der Waals surface area contributed by atoms with Gasteiger partial charge in [0.25, 0.3) is 0 Å². The fraction of sp³-hybridized carbons (Fsp3) is 0.182. The molecule has 0 aliphatic rings. The van der Waals surface area contributed by atoms with Gasteiger partial charge >= 0.3 is 0 Å². The van der Waals surface area contributed by atoms with Gasteiger partial charge in [0, 0.05) is 23.3 Å². The van der Waals surface area contributed by atoms with Gasteiger partial charge in [-0.25, -0.2) is 0 Å². The van der Waals surface area contributed by atoms with Crippen molar-refractivity contribution in [3.8, 4) is 0 Å². The highest BCUT2D eigenvalue weighted by Crippen LogP contribution is 2.27. The molecule has 0 amide bonds. The minimum atomic E-state index is -0.774. The van der Waals surface area contributed by atoms with Gasteiger partial charge in [0.2, 0.25) is 0 Å². The number of aliphatic hydroxyl groups is 1. The van der Waals surface area contributed by atoms with E-state index in [0.29, 0.717) is 21.3 Å². The zero-order valence-electron chi connectivity index (χ0n) is 8.56. The molecular formula is C11H10Cl2N2O. The number of benzene rings is 1. The zero-order chi connectivity index (χ0) is 11.7. The van der Waals surface area contributed by atoms with Gasteiger partial charge < -0.3 is 5.11 Å². The molecule has 0 saturated heterocycles. The molecule has 5 heteroatoms. The largest absolute Gasteiger partial charge is 0.382 e. The maximum Gasteiger partial charge on any atom is 0.121 e. The maximum absolute atomic E-state index is 10.1. The quantitative estimate of drug-likeness (QED) is 0.898. The van der Waals surface area contributed by atoms with Crippen LogP contribution in [0.2, 0.25) is 10.0 Å². The van der Waals surface area contributed by atoms with Gasteiger partial charge in [0.1, 0.15) is 6.10 Å². The van der Waals surface area contributed by atoms with Crippen LogP contribution in [-0.2, 0) is 7.05 Å². The van der Waals surface area contributed by atoms with E-state index in [1.165, 1.54) is 0 Å². The SMILES string of the molecule is Cn1nccc1C(O)c1cc(Cl)cc(Cl)c1. The Morgan fingerprint density at radius 1 is 1.25 bits per heavy atom. The number of aromatic nitrogens is 2. The van der Waals surface area contributed by atoms with Crippen molar-refractivity contribution in [3.63, 3.8) is 0 Å². The Kier molecular flexibility index (Phi) is 3.19. The summed E-state index contributed by atoms with van der Waals surface area (Å²) in [7, 11) is 1.77. The molecule has 1 N–H and O–H groups in total. The first-order valence-corrected chi connectivity index (χ1v) is 5.45. The maximum atomic E-state index is 10.1. The van der Waals surface area contributed by atoms with Crippen LogP contribution in [0.1, 0.15) is 17.4 Å². The highest BCUT2D eigenvalue weighted by molar-refractivity contribution is 6.34. The van der Waals surface area contributed by atoms with Crippen LogP contribution in [0.4, 0.5) is 0 Å². The number of halogens is 2. The van der Waals surface area contributed by atoms with Crippen LogP contribution in [-0.4, -0.2) is 14.9 Å². The summed E-state index contributed by atoms with van der Waals surface area (Å²) in [5.41, 5.74) is 1.35. The molecule has 1 aromatic heterocycles. The standard InChI is InChI=1S/C11H10Cl2N2O/c1-15-10(2-3-14-15)11(16)7-4-8(12)6-9(13)5-7/h2-6,11,16H,1H3. The van der Waals surface area contributed by atoms with Gasteiger partial charge in [0.15, 0.2) is 0 Å². The molecular weight excluding hydrogens is 247 g/mol. The molecule has 2 aromatic rings.